The van der Waals surface area contributed by atoms with E-state index in [0.29, 0.717) is 0 Å². The lowest BCUT2D eigenvalue weighted by Crippen LogP contribution is -2.79. The SMILES string of the molecule is CC12CN3CC(c4ccccc4)(CN(C1)C3c1cccnc1)C2O. The van der Waals surface area contributed by atoms with Crippen LogP contribution in [-0.2, 0) is 5.41 Å². The van der Waals surface area contributed by atoms with Crippen LogP contribution in [0, 0.1) is 5.41 Å². The molecule has 4 heteroatoms. The maximum absolute atomic E-state index is 11.3. The van der Waals surface area contributed by atoms with Gasteiger partial charge in [0.25, 0.3) is 0 Å². The van der Waals surface area contributed by atoms with E-state index in [1.165, 1.54) is 11.1 Å². The zero-order valence-electron chi connectivity index (χ0n) is 14.0. The van der Waals surface area contributed by atoms with Crippen molar-refractivity contribution in [3.05, 3.63) is 66.0 Å². The molecule has 124 valence electrons. The monoisotopic (exact) mass is 321 g/mol. The highest BCUT2D eigenvalue weighted by Crippen LogP contribution is 2.55. The summed E-state index contributed by atoms with van der Waals surface area (Å²) in [5.74, 6) is 0. The van der Waals surface area contributed by atoms with Gasteiger partial charge in [-0.15, -0.1) is 0 Å². The van der Waals surface area contributed by atoms with E-state index in [0.717, 1.165) is 26.2 Å². The van der Waals surface area contributed by atoms with Crippen molar-refractivity contribution in [1.82, 2.24) is 14.8 Å². The Bertz CT molecular complexity index is 732. The van der Waals surface area contributed by atoms with Gasteiger partial charge < -0.3 is 5.11 Å². The number of aromatic nitrogens is 1. The first-order valence-electron chi connectivity index (χ1n) is 8.74. The van der Waals surface area contributed by atoms with Gasteiger partial charge in [0.1, 0.15) is 0 Å². The number of aliphatic hydroxyl groups excluding tert-OH is 1. The van der Waals surface area contributed by atoms with E-state index < -0.39 is 0 Å². The standard InChI is InChI=1S/C20H23N3O/c1-19-11-22-13-20(18(19)24,16-7-3-2-4-8-16)14-23(12-19)17(22)15-6-5-9-21-10-15/h2-10,17-18,24H,11-14H2,1H3. The number of hydrogen-bond acceptors (Lipinski definition) is 4. The zero-order valence-corrected chi connectivity index (χ0v) is 14.0. The molecule has 1 N–H and O–H groups in total. The zero-order chi connectivity index (χ0) is 16.4. The Kier molecular flexibility index (Phi) is 2.97. The van der Waals surface area contributed by atoms with Crippen LogP contribution in [0.25, 0.3) is 0 Å². The van der Waals surface area contributed by atoms with E-state index in [1.54, 1.807) is 0 Å². The summed E-state index contributed by atoms with van der Waals surface area (Å²) < 4.78 is 0. The third-order valence-electron chi connectivity index (χ3n) is 6.31. The Morgan fingerprint density at radius 3 is 2.33 bits per heavy atom. The average Bonchev–Trinajstić information content (AvgIpc) is 2.60. The molecule has 3 atom stereocenters. The molecule has 1 aromatic heterocycles. The predicted octanol–water partition coefficient (Wildman–Crippen LogP) is 2.03. The van der Waals surface area contributed by atoms with Crippen LogP contribution in [0.15, 0.2) is 54.9 Å². The quantitative estimate of drug-likeness (QED) is 0.919. The van der Waals surface area contributed by atoms with Crippen LogP contribution in [-0.4, -0.2) is 52.2 Å². The minimum Gasteiger partial charge on any atom is -0.391 e. The van der Waals surface area contributed by atoms with Crippen LogP contribution in [0.1, 0.15) is 24.2 Å². The van der Waals surface area contributed by atoms with Crippen molar-refractivity contribution in [1.29, 1.82) is 0 Å². The minimum atomic E-state index is -0.297. The second-order valence-corrected chi connectivity index (χ2v) is 8.05. The van der Waals surface area contributed by atoms with Crippen molar-refractivity contribution in [2.45, 2.75) is 24.6 Å². The molecule has 4 aliphatic heterocycles. The molecule has 4 aliphatic rings. The second kappa shape index (κ2) is 4.88. The molecule has 6 rings (SSSR count). The van der Waals surface area contributed by atoms with Crippen LogP contribution in [0.2, 0.25) is 0 Å². The van der Waals surface area contributed by atoms with Gasteiger partial charge in [-0.3, -0.25) is 14.8 Å². The number of piperidine rings is 2. The number of hydrogen-bond donors (Lipinski definition) is 1. The molecule has 4 nitrogen and oxygen atoms in total. The van der Waals surface area contributed by atoms with Gasteiger partial charge >= 0.3 is 0 Å². The van der Waals surface area contributed by atoms with E-state index in [4.69, 9.17) is 0 Å². The Morgan fingerprint density at radius 1 is 1.00 bits per heavy atom. The maximum Gasteiger partial charge on any atom is 0.0902 e. The summed E-state index contributed by atoms with van der Waals surface area (Å²) in [6.07, 6.45) is 3.81. The van der Waals surface area contributed by atoms with Crippen LogP contribution in [0.5, 0.6) is 0 Å². The van der Waals surface area contributed by atoms with Gasteiger partial charge in [-0.05, 0) is 11.6 Å². The van der Waals surface area contributed by atoms with Gasteiger partial charge in [0.05, 0.1) is 12.3 Å². The van der Waals surface area contributed by atoms with Crippen LogP contribution >= 0.6 is 0 Å². The highest BCUT2D eigenvalue weighted by molar-refractivity contribution is 5.35. The number of benzene rings is 1. The van der Waals surface area contributed by atoms with Gasteiger partial charge in [-0.1, -0.05) is 43.3 Å². The van der Waals surface area contributed by atoms with E-state index in [2.05, 4.69) is 58.1 Å². The third kappa shape index (κ3) is 1.82. The molecular formula is C20H23N3O. The first-order valence-corrected chi connectivity index (χ1v) is 8.74. The van der Waals surface area contributed by atoms with Crippen molar-refractivity contribution in [3.63, 3.8) is 0 Å². The fraction of sp³-hybridized carbons (Fsp3) is 0.450. The molecular weight excluding hydrogens is 298 g/mol. The summed E-state index contributed by atoms with van der Waals surface area (Å²) in [4.78, 5) is 9.41. The highest BCUT2D eigenvalue weighted by Gasteiger charge is 2.64. The molecule has 5 heterocycles. The van der Waals surface area contributed by atoms with Gasteiger partial charge in [-0.25, -0.2) is 0 Å². The molecule has 3 unspecified atom stereocenters. The Balaban J connectivity index is 1.60. The normalized spacial score (nSPS) is 43.1. The molecule has 0 aliphatic carbocycles. The maximum atomic E-state index is 11.3. The van der Waals surface area contributed by atoms with Crippen molar-refractivity contribution in [3.8, 4) is 0 Å². The first kappa shape index (κ1) is 14.6. The first-order chi connectivity index (χ1) is 11.6. The second-order valence-electron chi connectivity index (χ2n) is 8.05. The van der Waals surface area contributed by atoms with Crippen molar-refractivity contribution < 1.29 is 5.11 Å². The Hall–Kier alpha value is -1.75. The van der Waals surface area contributed by atoms with E-state index in [1.807, 2.05) is 18.5 Å². The fourth-order valence-electron chi connectivity index (χ4n) is 5.52. The van der Waals surface area contributed by atoms with E-state index in [-0.39, 0.29) is 23.1 Å². The van der Waals surface area contributed by atoms with Crippen LogP contribution < -0.4 is 0 Å². The van der Waals surface area contributed by atoms with E-state index in [9.17, 15) is 5.11 Å². The fourth-order valence-corrected chi connectivity index (χ4v) is 5.52. The smallest absolute Gasteiger partial charge is 0.0902 e. The lowest BCUT2D eigenvalue weighted by Gasteiger charge is -2.69. The Labute approximate surface area is 142 Å². The third-order valence-corrected chi connectivity index (χ3v) is 6.31. The molecule has 0 amide bonds. The molecule has 0 spiro atoms. The summed E-state index contributed by atoms with van der Waals surface area (Å²) in [6.45, 7) is 5.94. The molecule has 1 aromatic carbocycles. The molecule has 4 saturated heterocycles. The topological polar surface area (TPSA) is 39.6 Å². The molecule has 24 heavy (non-hydrogen) atoms. The largest absolute Gasteiger partial charge is 0.391 e. The number of pyridine rings is 1. The lowest BCUT2D eigenvalue weighted by atomic mass is 9.57. The summed E-state index contributed by atoms with van der Waals surface area (Å²) in [5, 5.41) is 11.3. The number of nitrogens with zero attached hydrogens (tertiary/aromatic N) is 3. The van der Waals surface area contributed by atoms with Crippen LogP contribution in [0.3, 0.4) is 0 Å². The molecule has 0 radical (unpaired) electrons. The van der Waals surface area contributed by atoms with Crippen LogP contribution in [0.4, 0.5) is 0 Å². The average molecular weight is 321 g/mol. The summed E-state index contributed by atoms with van der Waals surface area (Å²) in [6, 6.07) is 14.8. The van der Waals surface area contributed by atoms with Gasteiger partial charge in [0, 0.05) is 55.0 Å². The van der Waals surface area contributed by atoms with E-state index >= 15 is 0 Å². The van der Waals surface area contributed by atoms with Gasteiger partial charge in [-0.2, -0.15) is 0 Å². The predicted molar refractivity (Wildman–Crippen MR) is 92.4 cm³/mol. The lowest BCUT2D eigenvalue weighted by molar-refractivity contribution is -0.232. The van der Waals surface area contributed by atoms with Gasteiger partial charge in [0.2, 0.25) is 0 Å². The summed E-state index contributed by atoms with van der Waals surface area (Å²) in [7, 11) is 0. The highest BCUT2D eigenvalue weighted by atomic mass is 16.3. The molecule has 4 bridgehead atoms. The minimum absolute atomic E-state index is 0.0783. The van der Waals surface area contributed by atoms with Gasteiger partial charge in [0.15, 0.2) is 0 Å². The van der Waals surface area contributed by atoms with Crippen molar-refractivity contribution >= 4 is 0 Å². The summed E-state index contributed by atoms with van der Waals surface area (Å²) in [5.41, 5.74) is 2.26. The summed E-state index contributed by atoms with van der Waals surface area (Å²) >= 11 is 0. The molecule has 0 saturated carbocycles. The molecule has 2 aromatic rings. The number of rotatable bonds is 2. The Morgan fingerprint density at radius 2 is 1.71 bits per heavy atom. The van der Waals surface area contributed by atoms with Crippen molar-refractivity contribution in [2.75, 3.05) is 26.2 Å². The number of aliphatic hydroxyl groups is 1. The molecule has 4 fully saturated rings. The van der Waals surface area contributed by atoms with Crippen molar-refractivity contribution in [2.24, 2.45) is 5.41 Å².